The second-order valence-corrected chi connectivity index (χ2v) is 2.65. The van der Waals surface area contributed by atoms with Gasteiger partial charge in [0.2, 0.25) is 5.91 Å². The highest BCUT2D eigenvalue weighted by molar-refractivity contribution is 5.78. The molecule has 0 aromatic rings. The van der Waals surface area contributed by atoms with Gasteiger partial charge in [-0.05, 0) is 6.42 Å². The van der Waals surface area contributed by atoms with Crippen molar-refractivity contribution in [3.8, 4) is 6.19 Å². The van der Waals surface area contributed by atoms with Crippen molar-refractivity contribution in [1.29, 1.82) is 5.26 Å². The van der Waals surface area contributed by atoms with Crippen molar-refractivity contribution in [1.82, 2.24) is 10.2 Å². The molecule has 1 unspecified atom stereocenters. The van der Waals surface area contributed by atoms with E-state index in [1.807, 2.05) is 6.19 Å². The van der Waals surface area contributed by atoms with Crippen LogP contribution in [0.5, 0.6) is 0 Å². The maximum atomic E-state index is 11.0. The van der Waals surface area contributed by atoms with Gasteiger partial charge in [0.05, 0.1) is 5.92 Å². The Balaban J connectivity index is 2.43. The van der Waals surface area contributed by atoms with E-state index >= 15 is 0 Å². The highest BCUT2D eigenvalue weighted by Crippen LogP contribution is 2.14. The molecule has 0 aromatic heterocycles. The summed E-state index contributed by atoms with van der Waals surface area (Å²) in [4.78, 5) is 12.6. The van der Waals surface area contributed by atoms with Crippen LogP contribution in [0.4, 0.5) is 0 Å². The highest BCUT2D eigenvalue weighted by atomic mass is 16.1. The summed E-state index contributed by atoms with van der Waals surface area (Å²) in [5.41, 5.74) is 0. The standard InChI is InChI=1S/C7H11N3O/c1-9-7(11)6-2-3-10(4-6)5-8/h6H,2-4H2,1H3,(H,9,11). The van der Waals surface area contributed by atoms with Gasteiger partial charge in [0, 0.05) is 20.1 Å². The molecule has 1 aliphatic heterocycles. The molecular formula is C7H11N3O. The van der Waals surface area contributed by atoms with Gasteiger partial charge >= 0.3 is 0 Å². The highest BCUT2D eigenvalue weighted by Gasteiger charge is 2.26. The van der Waals surface area contributed by atoms with Gasteiger partial charge in [-0.3, -0.25) is 4.79 Å². The van der Waals surface area contributed by atoms with Crippen LogP contribution in [-0.2, 0) is 4.79 Å². The van der Waals surface area contributed by atoms with Gasteiger partial charge in [-0.2, -0.15) is 5.26 Å². The van der Waals surface area contributed by atoms with Crippen molar-refractivity contribution < 1.29 is 4.79 Å². The molecule has 0 spiro atoms. The monoisotopic (exact) mass is 153 g/mol. The zero-order chi connectivity index (χ0) is 8.27. The fraction of sp³-hybridized carbons (Fsp3) is 0.714. The lowest BCUT2D eigenvalue weighted by Crippen LogP contribution is -2.28. The van der Waals surface area contributed by atoms with E-state index < -0.39 is 0 Å². The molecule has 11 heavy (non-hydrogen) atoms. The molecule has 0 aliphatic carbocycles. The quantitative estimate of drug-likeness (QED) is 0.518. The van der Waals surface area contributed by atoms with E-state index in [2.05, 4.69) is 5.32 Å². The number of likely N-dealkylation sites (tertiary alicyclic amines) is 1. The summed E-state index contributed by atoms with van der Waals surface area (Å²) in [6.45, 7) is 1.30. The normalized spacial score (nSPS) is 22.9. The van der Waals surface area contributed by atoms with E-state index in [0.717, 1.165) is 6.42 Å². The van der Waals surface area contributed by atoms with Gasteiger partial charge in [-0.1, -0.05) is 0 Å². The Kier molecular flexibility index (Phi) is 2.32. The van der Waals surface area contributed by atoms with Crippen LogP contribution < -0.4 is 5.32 Å². The summed E-state index contributed by atoms with van der Waals surface area (Å²) in [6, 6.07) is 0. The van der Waals surface area contributed by atoms with E-state index in [0.29, 0.717) is 13.1 Å². The number of rotatable bonds is 1. The molecule has 1 aliphatic rings. The third kappa shape index (κ3) is 1.61. The molecule has 1 fully saturated rings. The van der Waals surface area contributed by atoms with Gasteiger partial charge in [-0.25, -0.2) is 0 Å². The number of hydrogen-bond donors (Lipinski definition) is 1. The fourth-order valence-corrected chi connectivity index (χ4v) is 1.27. The van der Waals surface area contributed by atoms with Crippen LogP contribution in [0.2, 0.25) is 0 Å². The topological polar surface area (TPSA) is 56.1 Å². The minimum atomic E-state index is 0.0136. The average molecular weight is 153 g/mol. The number of nitrogens with zero attached hydrogens (tertiary/aromatic N) is 2. The third-order valence-electron chi connectivity index (χ3n) is 1.95. The molecule has 1 rings (SSSR count). The molecule has 4 nitrogen and oxygen atoms in total. The first-order valence-corrected chi connectivity index (χ1v) is 3.64. The van der Waals surface area contributed by atoms with Crippen molar-refractivity contribution in [2.24, 2.45) is 5.92 Å². The van der Waals surface area contributed by atoms with Crippen LogP contribution in [0, 0.1) is 17.4 Å². The Bertz CT molecular complexity index is 196. The number of nitrogens with one attached hydrogen (secondary N) is 1. The van der Waals surface area contributed by atoms with E-state index in [1.54, 1.807) is 11.9 Å². The Labute approximate surface area is 65.8 Å². The fourth-order valence-electron chi connectivity index (χ4n) is 1.27. The second kappa shape index (κ2) is 3.24. The van der Waals surface area contributed by atoms with E-state index in [1.165, 1.54) is 0 Å². The number of carbonyl (C=O) groups is 1. The van der Waals surface area contributed by atoms with Gasteiger partial charge in [-0.15, -0.1) is 0 Å². The van der Waals surface area contributed by atoms with Crippen LogP contribution in [0.3, 0.4) is 0 Å². The van der Waals surface area contributed by atoms with Gasteiger partial charge < -0.3 is 10.2 Å². The van der Waals surface area contributed by atoms with Crippen molar-refractivity contribution in [3.05, 3.63) is 0 Å². The maximum absolute atomic E-state index is 11.0. The molecule has 0 saturated carbocycles. The molecule has 0 radical (unpaired) electrons. The molecule has 60 valence electrons. The van der Waals surface area contributed by atoms with E-state index in [-0.39, 0.29) is 11.8 Å². The van der Waals surface area contributed by atoms with Crippen LogP contribution in [0.1, 0.15) is 6.42 Å². The molecule has 4 heteroatoms. The SMILES string of the molecule is CNC(=O)C1CCN(C#N)C1. The smallest absolute Gasteiger partial charge is 0.224 e. The first-order valence-electron chi connectivity index (χ1n) is 3.64. The molecule has 1 amide bonds. The molecule has 1 heterocycles. The maximum Gasteiger partial charge on any atom is 0.224 e. The summed E-state index contributed by atoms with van der Waals surface area (Å²) in [6.07, 6.45) is 2.83. The largest absolute Gasteiger partial charge is 0.359 e. The predicted molar refractivity (Wildman–Crippen MR) is 39.4 cm³/mol. The molecule has 1 saturated heterocycles. The number of carbonyl (C=O) groups excluding carboxylic acids is 1. The summed E-state index contributed by atoms with van der Waals surface area (Å²) in [7, 11) is 1.62. The minimum absolute atomic E-state index is 0.0136. The van der Waals surface area contributed by atoms with Crippen molar-refractivity contribution in [2.75, 3.05) is 20.1 Å². The van der Waals surface area contributed by atoms with Crippen molar-refractivity contribution >= 4 is 5.91 Å². The first-order chi connectivity index (χ1) is 5.27. The minimum Gasteiger partial charge on any atom is -0.359 e. The second-order valence-electron chi connectivity index (χ2n) is 2.65. The van der Waals surface area contributed by atoms with E-state index in [9.17, 15) is 4.79 Å². The van der Waals surface area contributed by atoms with Crippen LogP contribution >= 0.6 is 0 Å². The van der Waals surface area contributed by atoms with Crippen molar-refractivity contribution in [3.63, 3.8) is 0 Å². The summed E-state index contributed by atoms with van der Waals surface area (Å²) in [5.74, 6) is 0.0578. The lowest BCUT2D eigenvalue weighted by atomic mass is 10.1. The van der Waals surface area contributed by atoms with Crippen LogP contribution in [0.15, 0.2) is 0 Å². The number of amides is 1. The Hall–Kier alpha value is -1.24. The zero-order valence-corrected chi connectivity index (χ0v) is 6.50. The van der Waals surface area contributed by atoms with Gasteiger partial charge in [0.15, 0.2) is 6.19 Å². The zero-order valence-electron chi connectivity index (χ0n) is 6.50. The molecule has 1 atom stereocenters. The predicted octanol–water partition coefficient (Wildman–Crippen LogP) is -0.465. The lowest BCUT2D eigenvalue weighted by Gasteiger charge is -2.06. The Morgan fingerprint density at radius 2 is 2.55 bits per heavy atom. The molecular weight excluding hydrogens is 142 g/mol. The van der Waals surface area contributed by atoms with Crippen molar-refractivity contribution in [2.45, 2.75) is 6.42 Å². The molecule has 1 N–H and O–H groups in total. The molecule has 0 aromatic carbocycles. The van der Waals surface area contributed by atoms with Gasteiger partial charge in [0.1, 0.15) is 0 Å². The Morgan fingerprint density at radius 1 is 1.82 bits per heavy atom. The van der Waals surface area contributed by atoms with E-state index in [4.69, 9.17) is 5.26 Å². The summed E-state index contributed by atoms with van der Waals surface area (Å²) in [5, 5.41) is 11.1. The number of nitriles is 1. The number of hydrogen-bond acceptors (Lipinski definition) is 3. The first kappa shape index (κ1) is 7.86. The average Bonchev–Trinajstić information content (AvgIpc) is 2.50. The summed E-state index contributed by atoms with van der Waals surface area (Å²) >= 11 is 0. The third-order valence-corrected chi connectivity index (χ3v) is 1.95. The Morgan fingerprint density at radius 3 is 3.00 bits per heavy atom. The summed E-state index contributed by atoms with van der Waals surface area (Å²) < 4.78 is 0. The van der Waals surface area contributed by atoms with Crippen LogP contribution in [-0.4, -0.2) is 30.9 Å². The van der Waals surface area contributed by atoms with Gasteiger partial charge in [0.25, 0.3) is 0 Å². The van der Waals surface area contributed by atoms with Crippen LogP contribution in [0.25, 0.3) is 0 Å². The molecule has 0 bridgehead atoms. The lowest BCUT2D eigenvalue weighted by molar-refractivity contribution is -0.124.